The van der Waals surface area contributed by atoms with Crippen molar-refractivity contribution in [2.45, 2.75) is 50.6 Å². The van der Waals surface area contributed by atoms with Crippen molar-refractivity contribution in [3.8, 4) is 0 Å². The van der Waals surface area contributed by atoms with Crippen LogP contribution in [0.1, 0.15) is 55.7 Å². The Morgan fingerprint density at radius 2 is 1.65 bits per heavy atom. The SMILES string of the molecule is CCC(c1ccccc1)C1CCCN1C(=O)CC(N)c1ccccc1.Cl. The van der Waals surface area contributed by atoms with E-state index in [4.69, 9.17) is 5.73 Å². The maximum atomic E-state index is 12.9. The van der Waals surface area contributed by atoms with Gasteiger partial charge in [-0.3, -0.25) is 4.79 Å². The quantitative estimate of drug-likeness (QED) is 0.799. The largest absolute Gasteiger partial charge is 0.339 e. The number of carbonyl (C=O) groups is 1. The van der Waals surface area contributed by atoms with Crippen LogP contribution in [0.3, 0.4) is 0 Å². The minimum absolute atomic E-state index is 0. The molecule has 1 aliphatic rings. The first-order valence-electron chi connectivity index (χ1n) is 9.35. The molecular weight excluding hydrogens is 344 g/mol. The molecule has 3 nitrogen and oxygen atoms in total. The van der Waals surface area contributed by atoms with Gasteiger partial charge in [0.25, 0.3) is 0 Å². The average molecular weight is 373 g/mol. The van der Waals surface area contributed by atoms with Gasteiger partial charge in [0.1, 0.15) is 0 Å². The van der Waals surface area contributed by atoms with Crippen molar-refractivity contribution in [1.29, 1.82) is 0 Å². The Labute approximate surface area is 163 Å². The van der Waals surface area contributed by atoms with Gasteiger partial charge >= 0.3 is 0 Å². The zero-order valence-electron chi connectivity index (χ0n) is 15.4. The van der Waals surface area contributed by atoms with Crippen LogP contribution in [0.5, 0.6) is 0 Å². The third-order valence-corrected chi connectivity index (χ3v) is 5.37. The van der Waals surface area contributed by atoms with Crippen LogP contribution >= 0.6 is 12.4 Å². The van der Waals surface area contributed by atoms with Gasteiger partial charge in [0, 0.05) is 31.0 Å². The van der Waals surface area contributed by atoms with Crippen LogP contribution in [-0.4, -0.2) is 23.4 Å². The molecule has 0 aromatic heterocycles. The summed E-state index contributed by atoms with van der Waals surface area (Å²) >= 11 is 0. The van der Waals surface area contributed by atoms with Crippen LogP contribution in [0.4, 0.5) is 0 Å². The summed E-state index contributed by atoms with van der Waals surface area (Å²) in [5, 5.41) is 0. The molecule has 3 atom stereocenters. The second kappa shape index (κ2) is 9.75. The van der Waals surface area contributed by atoms with Gasteiger partial charge in [0.2, 0.25) is 5.91 Å². The van der Waals surface area contributed by atoms with Crippen molar-refractivity contribution < 1.29 is 4.79 Å². The standard InChI is InChI=1S/C22H28N2O.ClH/c1-2-19(17-10-5-3-6-11-17)21-14-9-15-24(21)22(25)16-20(23)18-12-7-4-8-13-18;/h3-8,10-13,19-21H,2,9,14-16,23H2,1H3;1H. The molecule has 0 bridgehead atoms. The fourth-order valence-electron chi connectivity index (χ4n) is 4.07. The normalized spacial score (nSPS) is 18.8. The molecule has 1 amide bonds. The number of halogens is 1. The van der Waals surface area contributed by atoms with E-state index in [0.29, 0.717) is 18.4 Å². The molecule has 0 radical (unpaired) electrons. The van der Waals surface area contributed by atoms with Gasteiger partial charge < -0.3 is 10.6 Å². The second-order valence-electron chi connectivity index (χ2n) is 6.94. The van der Waals surface area contributed by atoms with E-state index in [0.717, 1.165) is 31.4 Å². The van der Waals surface area contributed by atoms with Crippen LogP contribution in [0.2, 0.25) is 0 Å². The molecule has 2 aromatic rings. The average Bonchev–Trinajstić information content (AvgIpc) is 3.13. The highest BCUT2D eigenvalue weighted by Gasteiger charge is 2.34. The van der Waals surface area contributed by atoms with Gasteiger partial charge in [-0.05, 0) is 30.4 Å². The van der Waals surface area contributed by atoms with Gasteiger partial charge in [-0.25, -0.2) is 0 Å². The summed E-state index contributed by atoms with van der Waals surface area (Å²) in [6.07, 6.45) is 3.59. The van der Waals surface area contributed by atoms with Crippen LogP contribution in [0.25, 0.3) is 0 Å². The molecule has 2 N–H and O–H groups in total. The van der Waals surface area contributed by atoms with E-state index in [2.05, 4.69) is 36.1 Å². The van der Waals surface area contributed by atoms with Crippen molar-refractivity contribution in [3.63, 3.8) is 0 Å². The summed E-state index contributed by atoms with van der Waals surface area (Å²) in [4.78, 5) is 15.0. The number of amides is 1. The Kier molecular flexibility index (Phi) is 7.67. The van der Waals surface area contributed by atoms with Gasteiger partial charge in [-0.2, -0.15) is 0 Å². The summed E-state index contributed by atoms with van der Waals surface area (Å²) in [5.41, 5.74) is 8.65. The lowest BCUT2D eigenvalue weighted by molar-refractivity contribution is -0.132. The summed E-state index contributed by atoms with van der Waals surface area (Å²) < 4.78 is 0. The van der Waals surface area contributed by atoms with Gasteiger partial charge in [-0.1, -0.05) is 67.6 Å². The van der Waals surface area contributed by atoms with E-state index in [1.54, 1.807) is 0 Å². The van der Waals surface area contributed by atoms with E-state index < -0.39 is 0 Å². The molecular formula is C22H29ClN2O. The number of carbonyl (C=O) groups excluding carboxylic acids is 1. The Morgan fingerprint density at radius 1 is 1.08 bits per heavy atom. The number of nitrogens with zero attached hydrogens (tertiary/aromatic N) is 1. The predicted molar refractivity (Wildman–Crippen MR) is 109 cm³/mol. The van der Waals surface area contributed by atoms with Crippen molar-refractivity contribution in [2.75, 3.05) is 6.54 Å². The number of likely N-dealkylation sites (tertiary alicyclic amines) is 1. The molecule has 26 heavy (non-hydrogen) atoms. The van der Waals surface area contributed by atoms with Crippen molar-refractivity contribution in [2.24, 2.45) is 5.73 Å². The van der Waals surface area contributed by atoms with E-state index in [-0.39, 0.29) is 24.4 Å². The minimum Gasteiger partial charge on any atom is -0.339 e. The second-order valence-corrected chi connectivity index (χ2v) is 6.94. The lowest BCUT2D eigenvalue weighted by atomic mass is 9.87. The molecule has 3 unspecified atom stereocenters. The summed E-state index contributed by atoms with van der Waals surface area (Å²) in [5.74, 6) is 0.592. The maximum absolute atomic E-state index is 12.9. The summed E-state index contributed by atoms with van der Waals surface area (Å²) in [7, 11) is 0. The van der Waals surface area contributed by atoms with E-state index >= 15 is 0 Å². The molecule has 0 spiro atoms. The lowest BCUT2D eigenvalue weighted by Gasteiger charge is -2.32. The number of benzene rings is 2. The fourth-order valence-corrected chi connectivity index (χ4v) is 4.07. The van der Waals surface area contributed by atoms with Crippen LogP contribution in [-0.2, 0) is 4.79 Å². The van der Waals surface area contributed by atoms with E-state index in [9.17, 15) is 4.79 Å². The third-order valence-electron chi connectivity index (χ3n) is 5.37. The highest BCUT2D eigenvalue weighted by molar-refractivity contribution is 5.85. The highest BCUT2D eigenvalue weighted by atomic mass is 35.5. The van der Waals surface area contributed by atoms with Crippen molar-refractivity contribution in [3.05, 3.63) is 71.8 Å². The Balaban J connectivity index is 0.00000243. The zero-order valence-corrected chi connectivity index (χ0v) is 16.2. The molecule has 1 fully saturated rings. The first-order chi connectivity index (χ1) is 12.2. The lowest BCUT2D eigenvalue weighted by Crippen LogP contribution is -2.40. The van der Waals surface area contributed by atoms with Crippen LogP contribution in [0.15, 0.2) is 60.7 Å². The predicted octanol–water partition coefficient (Wildman–Crippen LogP) is 4.68. The first-order valence-corrected chi connectivity index (χ1v) is 9.35. The molecule has 3 rings (SSSR count). The molecule has 4 heteroatoms. The number of hydrogen-bond donors (Lipinski definition) is 1. The van der Waals surface area contributed by atoms with Gasteiger partial charge in [0.05, 0.1) is 0 Å². The number of rotatable bonds is 6. The maximum Gasteiger partial charge on any atom is 0.224 e. The number of nitrogens with two attached hydrogens (primary N) is 1. The molecule has 140 valence electrons. The molecule has 2 aromatic carbocycles. The van der Waals surface area contributed by atoms with Gasteiger partial charge in [-0.15, -0.1) is 12.4 Å². The minimum atomic E-state index is -0.230. The molecule has 0 saturated carbocycles. The topological polar surface area (TPSA) is 46.3 Å². The van der Waals surface area contributed by atoms with Crippen molar-refractivity contribution >= 4 is 18.3 Å². The Morgan fingerprint density at radius 3 is 2.23 bits per heavy atom. The van der Waals surface area contributed by atoms with Crippen molar-refractivity contribution in [1.82, 2.24) is 4.90 Å². The molecule has 1 heterocycles. The van der Waals surface area contributed by atoms with Crippen LogP contribution < -0.4 is 5.73 Å². The van der Waals surface area contributed by atoms with E-state index in [1.165, 1.54) is 5.56 Å². The molecule has 1 aliphatic heterocycles. The van der Waals surface area contributed by atoms with E-state index in [1.807, 2.05) is 36.4 Å². The summed E-state index contributed by atoms with van der Waals surface area (Å²) in [6.45, 7) is 3.07. The smallest absolute Gasteiger partial charge is 0.224 e. The molecule has 0 aliphatic carbocycles. The monoisotopic (exact) mass is 372 g/mol. The van der Waals surface area contributed by atoms with Crippen LogP contribution in [0, 0.1) is 0 Å². The third kappa shape index (κ3) is 4.66. The highest BCUT2D eigenvalue weighted by Crippen LogP contribution is 2.34. The first kappa shape index (κ1) is 20.5. The Bertz CT molecular complexity index is 677. The molecule has 1 saturated heterocycles. The van der Waals surface area contributed by atoms with Gasteiger partial charge in [0.15, 0.2) is 0 Å². The fraction of sp³-hybridized carbons (Fsp3) is 0.409. The summed E-state index contributed by atoms with van der Waals surface area (Å²) in [6, 6.07) is 20.6. The Hall–Kier alpha value is -1.84. The zero-order chi connectivity index (χ0) is 17.6. The number of hydrogen-bond acceptors (Lipinski definition) is 2.